The van der Waals surface area contributed by atoms with Gasteiger partial charge < -0.3 is 14.2 Å². The Bertz CT molecular complexity index is 812. The zero-order valence-electron chi connectivity index (χ0n) is 13.9. The second kappa shape index (κ2) is 9.00. The molecule has 2 aromatic carbocycles. The summed E-state index contributed by atoms with van der Waals surface area (Å²) in [5, 5.41) is 3.34. The summed E-state index contributed by atoms with van der Waals surface area (Å²) in [7, 11) is 2.73. The quantitative estimate of drug-likeness (QED) is 0.249. The maximum atomic E-state index is 11.6. The minimum Gasteiger partial charge on any atom is -0.493 e. The van der Waals surface area contributed by atoms with Crippen molar-refractivity contribution < 1.29 is 19.0 Å². The molecule has 128 valence electrons. The summed E-state index contributed by atoms with van der Waals surface area (Å²) in [6.45, 7) is 0.401. The Morgan fingerprint density at radius 1 is 1.16 bits per heavy atom. The summed E-state index contributed by atoms with van der Waals surface area (Å²) >= 11 is 0. The van der Waals surface area contributed by atoms with E-state index in [1.807, 2.05) is 30.3 Å². The third kappa shape index (κ3) is 5.02. The van der Waals surface area contributed by atoms with E-state index in [1.54, 1.807) is 18.2 Å². The Labute approximate surface area is 145 Å². The topological polar surface area (TPSA) is 93.5 Å². The van der Waals surface area contributed by atoms with E-state index in [9.17, 15) is 4.79 Å². The first kappa shape index (κ1) is 17.9. The predicted molar refractivity (Wildman–Crippen MR) is 92.9 cm³/mol. The van der Waals surface area contributed by atoms with Crippen LogP contribution in [-0.2, 0) is 16.1 Å². The summed E-state index contributed by atoms with van der Waals surface area (Å²) in [6, 6.07) is 14.9. The largest absolute Gasteiger partial charge is 0.493 e. The van der Waals surface area contributed by atoms with Gasteiger partial charge in [0, 0.05) is 4.91 Å². The molecule has 0 unspecified atom stereocenters. The highest BCUT2D eigenvalue weighted by Gasteiger charge is 2.10. The molecular formula is C18H17N3O4. The van der Waals surface area contributed by atoms with Crippen molar-refractivity contribution in [2.24, 2.45) is 5.11 Å². The van der Waals surface area contributed by atoms with Crippen molar-refractivity contribution in [1.82, 2.24) is 0 Å². The molecule has 0 radical (unpaired) electrons. The van der Waals surface area contributed by atoms with Gasteiger partial charge in [-0.2, -0.15) is 0 Å². The fraction of sp³-hybridized carbons (Fsp3) is 0.167. The van der Waals surface area contributed by atoms with Crippen molar-refractivity contribution in [1.29, 1.82) is 0 Å². The lowest BCUT2D eigenvalue weighted by Gasteiger charge is -2.11. The zero-order chi connectivity index (χ0) is 18.1. The lowest BCUT2D eigenvalue weighted by Crippen LogP contribution is -2.02. The van der Waals surface area contributed by atoms with Gasteiger partial charge in [-0.05, 0) is 34.9 Å². The number of esters is 1. The van der Waals surface area contributed by atoms with Crippen molar-refractivity contribution in [3.8, 4) is 11.5 Å². The second-order valence-corrected chi connectivity index (χ2v) is 4.90. The number of carbonyl (C=O) groups excluding carboxylic acids is 1. The molecule has 25 heavy (non-hydrogen) atoms. The van der Waals surface area contributed by atoms with Gasteiger partial charge in [0.25, 0.3) is 0 Å². The number of methoxy groups -OCH3 is 2. The molecule has 0 N–H and O–H groups in total. The summed E-state index contributed by atoms with van der Waals surface area (Å²) in [4.78, 5) is 14.2. The molecule has 0 aliphatic heterocycles. The molecule has 0 aliphatic carbocycles. The molecule has 0 saturated carbocycles. The van der Waals surface area contributed by atoms with E-state index in [1.165, 1.54) is 20.3 Å². The molecule has 0 saturated heterocycles. The number of ether oxygens (including phenoxy) is 3. The maximum absolute atomic E-state index is 11.6. The van der Waals surface area contributed by atoms with Crippen molar-refractivity contribution in [2.45, 2.75) is 6.61 Å². The van der Waals surface area contributed by atoms with E-state index in [2.05, 4.69) is 14.8 Å². The van der Waals surface area contributed by atoms with Crippen LogP contribution in [-0.4, -0.2) is 20.2 Å². The van der Waals surface area contributed by atoms with E-state index in [-0.39, 0.29) is 5.70 Å². The minimum atomic E-state index is -0.721. The van der Waals surface area contributed by atoms with Gasteiger partial charge in [0.15, 0.2) is 11.5 Å². The van der Waals surface area contributed by atoms with Gasteiger partial charge in [-0.15, -0.1) is 0 Å². The molecule has 0 atom stereocenters. The van der Waals surface area contributed by atoms with Crippen LogP contribution in [0.3, 0.4) is 0 Å². The molecule has 0 fully saturated rings. The summed E-state index contributed by atoms with van der Waals surface area (Å²) < 4.78 is 15.7. The zero-order valence-corrected chi connectivity index (χ0v) is 13.9. The first-order valence-electron chi connectivity index (χ1n) is 7.37. The van der Waals surface area contributed by atoms with Crippen LogP contribution in [0.2, 0.25) is 0 Å². The molecular weight excluding hydrogens is 322 g/mol. The van der Waals surface area contributed by atoms with Gasteiger partial charge in [-0.25, -0.2) is 4.79 Å². The van der Waals surface area contributed by atoms with Gasteiger partial charge in [0.1, 0.15) is 12.3 Å². The van der Waals surface area contributed by atoms with Crippen LogP contribution >= 0.6 is 0 Å². The number of rotatable bonds is 7. The number of azide groups is 1. The second-order valence-electron chi connectivity index (χ2n) is 4.90. The normalized spacial score (nSPS) is 10.6. The molecule has 0 bridgehead atoms. The smallest absolute Gasteiger partial charge is 0.340 e. The number of carbonyl (C=O) groups is 1. The average Bonchev–Trinajstić information content (AvgIpc) is 2.66. The van der Waals surface area contributed by atoms with E-state index >= 15 is 0 Å². The monoisotopic (exact) mass is 339 g/mol. The van der Waals surface area contributed by atoms with Crippen molar-refractivity contribution in [3.05, 3.63) is 75.8 Å². The molecule has 0 amide bonds. The van der Waals surface area contributed by atoms with Crippen LogP contribution in [0.25, 0.3) is 16.5 Å². The highest BCUT2D eigenvalue weighted by molar-refractivity contribution is 5.93. The Morgan fingerprint density at radius 3 is 2.56 bits per heavy atom. The van der Waals surface area contributed by atoms with Crippen molar-refractivity contribution >= 4 is 12.0 Å². The highest BCUT2D eigenvalue weighted by atomic mass is 16.5. The van der Waals surface area contributed by atoms with Crippen LogP contribution in [0.4, 0.5) is 0 Å². The van der Waals surface area contributed by atoms with Gasteiger partial charge in [0.05, 0.1) is 14.2 Å². The Hall–Kier alpha value is -3.44. The average molecular weight is 339 g/mol. The Morgan fingerprint density at radius 2 is 1.92 bits per heavy atom. The summed E-state index contributed by atoms with van der Waals surface area (Å²) in [6.07, 6.45) is 1.41. The van der Waals surface area contributed by atoms with E-state index in [4.69, 9.17) is 15.0 Å². The molecule has 2 aromatic rings. The van der Waals surface area contributed by atoms with Crippen LogP contribution in [0.1, 0.15) is 11.1 Å². The van der Waals surface area contributed by atoms with Crippen LogP contribution < -0.4 is 9.47 Å². The maximum Gasteiger partial charge on any atom is 0.340 e. The van der Waals surface area contributed by atoms with Crippen LogP contribution in [0, 0.1) is 0 Å². The van der Waals surface area contributed by atoms with Gasteiger partial charge in [-0.1, -0.05) is 41.5 Å². The van der Waals surface area contributed by atoms with Crippen molar-refractivity contribution in [2.75, 3.05) is 14.2 Å². The van der Waals surface area contributed by atoms with Crippen LogP contribution in [0.15, 0.2) is 59.3 Å². The number of benzene rings is 2. The highest BCUT2D eigenvalue weighted by Crippen LogP contribution is 2.29. The molecule has 7 nitrogen and oxygen atoms in total. The molecule has 2 rings (SSSR count). The fourth-order valence-electron chi connectivity index (χ4n) is 2.07. The minimum absolute atomic E-state index is 0.148. The molecule has 0 aromatic heterocycles. The molecule has 7 heteroatoms. The van der Waals surface area contributed by atoms with Gasteiger partial charge in [0.2, 0.25) is 0 Å². The predicted octanol–water partition coefficient (Wildman–Crippen LogP) is 4.10. The number of hydrogen-bond acceptors (Lipinski definition) is 5. The van der Waals surface area contributed by atoms with Crippen LogP contribution in [0.5, 0.6) is 11.5 Å². The number of hydrogen-bond donors (Lipinski definition) is 0. The first-order valence-corrected chi connectivity index (χ1v) is 7.37. The Balaban J connectivity index is 2.23. The SMILES string of the molecule is COC(=O)/C(=C\c1ccc(OCc2ccccc2)c(OC)c1)N=[N+]=[N-]. The fourth-order valence-corrected chi connectivity index (χ4v) is 2.07. The van der Waals surface area contributed by atoms with Crippen molar-refractivity contribution in [3.63, 3.8) is 0 Å². The van der Waals surface area contributed by atoms with E-state index < -0.39 is 5.97 Å². The standard InChI is InChI=1S/C18H17N3O4/c1-23-17-11-14(10-15(20-21-19)18(22)24-2)8-9-16(17)25-12-13-6-4-3-5-7-13/h3-11H,12H2,1-2H3/b15-10+. The number of nitrogens with zero attached hydrogens (tertiary/aromatic N) is 3. The first-order chi connectivity index (χ1) is 12.2. The van der Waals surface area contributed by atoms with E-state index in [0.29, 0.717) is 23.7 Å². The molecule has 0 aliphatic rings. The molecule has 0 heterocycles. The molecule has 0 spiro atoms. The summed E-state index contributed by atoms with van der Waals surface area (Å²) in [5.74, 6) is 0.336. The summed E-state index contributed by atoms with van der Waals surface area (Å²) in [5.41, 5.74) is 10.0. The lowest BCUT2D eigenvalue weighted by atomic mass is 10.1. The lowest BCUT2D eigenvalue weighted by molar-refractivity contribution is -0.136. The van der Waals surface area contributed by atoms with Gasteiger partial charge >= 0.3 is 5.97 Å². The third-order valence-electron chi connectivity index (χ3n) is 3.28. The third-order valence-corrected chi connectivity index (χ3v) is 3.28. The van der Waals surface area contributed by atoms with E-state index in [0.717, 1.165) is 5.56 Å². The van der Waals surface area contributed by atoms with Gasteiger partial charge in [-0.3, -0.25) is 0 Å². The Kier molecular flexibility index (Phi) is 6.45.